The molecule has 0 heterocycles. The van der Waals surface area contributed by atoms with E-state index in [9.17, 15) is 13.2 Å². The Bertz CT molecular complexity index is 539. The van der Waals surface area contributed by atoms with Crippen LogP contribution >= 0.6 is 0 Å². The molecule has 19 heavy (non-hydrogen) atoms. The molecular formula is C13H19NO4S. The van der Waals surface area contributed by atoms with E-state index in [4.69, 9.17) is 4.74 Å². The Hall–Kier alpha value is -1.56. The second-order valence-electron chi connectivity index (χ2n) is 4.10. The van der Waals surface area contributed by atoms with Gasteiger partial charge in [0.2, 0.25) is 5.91 Å². The molecule has 0 fully saturated rings. The average molecular weight is 285 g/mol. The summed E-state index contributed by atoms with van der Waals surface area (Å²) in [5.41, 5.74) is 0.570. The van der Waals surface area contributed by atoms with Gasteiger partial charge >= 0.3 is 0 Å². The highest BCUT2D eigenvalue weighted by Gasteiger charge is 2.28. The highest BCUT2D eigenvalue weighted by Crippen LogP contribution is 2.22. The maximum Gasteiger partial charge on any atom is 0.237 e. The van der Waals surface area contributed by atoms with Crippen LogP contribution in [-0.2, 0) is 20.4 Å². The van der Waals surface area contributed by atoms with E-state index < -0.39 is 21.0 Å². The summed E-state index contributed by atoms with van der Waals surface area (Å²) in [6, 6.07) is 6.94. The van der Waals surface area contributed by atoms with Crippen LogP contribution in [0.2, 0.25) is 0 Å². The number of ether oxygens (including phenoxy) is 1. The summed E-state index contributed by atoms with van der Waals surface area (Å²) in [5, 5.41) is 1.27. The number of amides is 1. The van der Waals surface area contributed by atoms with Crippen LogP contribution in [0.5, 0.6) is 5.75 Å². The third-order valence-corrected chi connectivity index (χ3v) is 4.79. The molecule has 6 heteroatoms. The summed E-state index contributed by atoms with van der Waals surface area (Å²) in [7, 11) is -2.14. The van der Waals surface area contributed by atoms with Gasteiger partial charge in [0, 0.05) is 12.6 Å². The zero-order chi connectivity index (χ0) is 14.5. The van der Waals surface area contributed by atoms with E-state index in [1.54, 1.807) is 24.3 Å². The summed E-state index contributed by atoms with van der Waals surface area (Å²) >= 11 is 0. The monoisotopic (exact) mass is 285 g/mol. The number of nitrogens with one attached hydrogen (secondary N) is 1. The number of sulfone groups is 1. The summed E-state index contributed by atoms with van der Waals surface area (Å²) in [5.74, 6) is -0.177. The van der Waals surface area contributed by atoms with Gasteiger partial charge in [-0.15, -0.1) is 0 Å². The number of para-hydroxylation sites is 1. The highest BCUT2D eigenvalue weighted by molar-refractivity contribution is 7.92. The molecule has 1 N–H and O–H groups in total. The van der Waals surface area contributed by atoms with Crippen LogP contribution in [0.15, 0.2) is 24.3 Å². The van der Waals surface area contributed by atoms with Gasteiger partial charge < -0.3 is 10.1 Å². The topological polar surface area (TPSA) is 72.5 Å². The Morgan fingerprint density at radius 1 is 1.37 bits per heavy atom. The van der Waals surface area contributed by atoms with Gasteiger partial charge in [-0.2, -0.15) is 0 Å². The van der Waals surface area contributed by atoms with Crippen LogP contribution in [0.3, 0.4) is 0 Å². The first-order chi connectivity index (χ1) is 8.92. The SMILES string of the molecule is CCOc1ccccc1CS(=O)(=O)C(C)C(=O)NC. The summed E-state index contributed by atoms with van der Waals surface area (Å²) in [6.45, 7) is 3.68. The molecule has 0 aliphatic heterocycles. The van der Waals surface area contributed by atoms with Crippen molar-refractivity contribution in [3.63, 3.8) is 0 Å². The molecule has 0 spiro atoms. The summed E-state index contributed by atoms with van der Waals surface area (Å²) < 4.78 is 29.7. The second-order valence-corrected chi connectivity index (χ2v) is 6.43. The van der Waals surface area contributed by atoms with Crippen molar-refractivity contribution in [2.24, 2.45) is 0 Å². The van der Waals surface area contributed by atoms with Gasteiger partial charge in [-0.05, 0) is 19.9 Å². The average Bonchev–Trinajstić information content (AvgIpc) is 2.39. The van der Waals surface area contributed by atoms with Gasteiger partial charge in [-0.25, -0.2) is 8.42 Å². The van der Waals surface area contributed by atoms with E-state index in [1.807, 2.05) is 6.92 Å². The third kappa shape index (κ3) is 3.96. The summed E-state index contributed by atoms with van der Waals surface area (Å²) in [6.07, 6.45) is 0. The molecule has 1 aromatic rings. The van der Waals surface area contributed by atoms with E-state index in [0.29, 0.717) is 17.9 Å². The minimum Gasteiger partial charge on any atom is -0.494 e. The fourth-order valence-corrected chi connectivity index (χ4v) is 2.99. The fourth-order valence-electron chi connectivity index (χ4n) is 1.63. The van der Waals surface area contributed by atoms with Gasteiger partial charge in [0.15, 0.2) is 9.84 Å². The molecule has 1 unspecified atom stereocenters. The molecule has 1 aromatic carbocycles. The lowest BCUT2D eigenvalue weighted by molar-refractivity contribution is -0.119. The molecule has 1 atom stereocenters. The molecule has 0 saturated heterocycles. The Morgan fingerprint density at radius 3 is 2.58 bits per heavy atom. The molecule has 0 bridgehead atoms. The van der Waals surface area contributed by atoms with Crippen molar-refractivity contribution in [1.29, 1.82) is 0 Å². The standard InChI is InChI=1S/C13H19NO4S/c1-4-18-12-8-6-5-7-11(12)9-19(16,17)10(2)13(15)14-3/h5-8,10H,4,9H2,1-3H3,(H,14,15). The largest absolute Gasteiger partial charge is 0.494 e. The van der Waals surface area contributed by atoms with Gasteiger partial charge in [-0.1, -0.05) is 18.2 Å². The number of carbonyl (C=O) groups is 1. The van der Waals surface area contributed by atoms with Crippen molar-refractivity contribution in [3.8, 4) is 5.75 Å². The maximum absolute atomic E-state index is 12.1. The van der Waals surface area contributed by atoms with Crippen LogP contribution in [-0.4, -0.2) is 33.2 Å². The van der Waals surface area contributed by atoms with Crippen molar-refractivity contribution in [2.45, 2.75) is 24.9 Å². The van der Waals surface area contributed by atoms with E-state index in [1.165, 1.54) is 14.0 Å². The first-order valence-electron chi connectivity index (χ1n) is 6.06. The first kappa shape index (κ1) is 15.5. The van der Waals surface area contributed by atoms with E-state index in [2.05, 4.69) is 5.32 Å². The predicted octanol–water partition coefficient (Wildman–Crippen LogP) is 1.13. The van der Waals surface area contributed by atoms with E-state index in [0.717, 1.165) is 0 Å². The first-order valence-corrected chi connectivity index (χ1v) is 7.77. The molecule has 1 rings (SSSR count). The van der Waals surface area contributed by atoms with Crippen molar-refractivity contribution in [2.75, 3.05) is 13.7 Å². The quantitative estimate of drug-likeness (QED) is 0.850. The minimum atomic E-state index is -3.56. The van der Waals surface area contributed by atoms with Gasteiger partial charge in [0.25, 0.3) is 0 Å². The Kier molecular flexibility index (Phi) is 5.35. The van der Waals surface area contributed by atoms with Crippen LogP contribution in [0.25, 0.3) is 0 Å². The number of carbonyl (C=O) groups excluding carboxylic acids is 1. The van der Waals surface area contributed by atoms with Crippen molar-refractivity contribution in [3.05, 3.63) is 29.8 Å². The lowest BCUT2D eigenvalue weighted by atomic mass is 10.2. The molecule has 0 aliphatic carbocycles. The smallest absolute Gasteiger partial charge is 0.237 e. The van der Waals surface area contributed by atoms with Crippen LogP contribution in [0, 0.1) is 0 Å². The van der Waals surface area contributed by atoms with Gasteiger partial charge in [0.1, 0.15) is 11.0 Å². The van der Waals surface area contributed by atoms with Crippen LogP contribution in [0.1, 0.15) is 19.4 Å². The number of hydrogen-bond acceptors (Lipinski definition) is 4. The lowest BCUT2D eigenvalue weighted by Crippen LogP contribution is -2.36. The van der Waals surface area contributed by atoms with Gasteiger partial charge in [0.05, 0.1) is 12.4 Å². The third-order valence-electron chi connectivity index (χ3n) is 2.78. The van der Waals surface area contributed by atoms with Crippen LogP contribution in [0.4, 0.5) is 0 Å². The van der Waals surface area contributed by atoms with Crippen molar-refractivity contribution < 1.29 is 17.9 Å². The zero-order valence-corrected chi connectivity index (χ0v) is 12.2. The molecule has 0 radical (unpaired) electrons. The number of hydrogen-bond donors (Lipinski definition) is 1. The molecule has 1 amide bonds. The van der Waals surface area contributed by atoms with Crippen molar-refractivity contribution >= 4 is 15.7 Å². The summed E-state index contributed by atoms with van der Waals surface area (Å²) in [4.78, 5) is 11.4. The second kappa shape index (κ2) is 6.56. The Morgan fingerprint density at radius 2 is 2.00 bits per heavy atom. The molecule has 0 saturated carbocycles. The van der Waals surface area contributed by atoms with E-state index >= 15 is 0 Å². The molecule has 5 nitrogen and oxygen atoms in total. The Labute approximate surface area is 113 Å². The number of rotatable bonds is 6. The highest BCUT2D eigenvalue weighted by atomic mass is 32.2. The lowest BCUT2D eigenvalue weighted by Gasteiger charge is -2.14. The fraction of sp³-hybridized carbons (Fsp3) is 0.462. The zero-order valence-electron chi connectivity index (χ0n) is 11.3. The van der Waals surface area contributed by atoms with Crippen molar-refractivity contribution in [1.82, 2.24) is 5.32 Å². The van der Waals surface area contributed by atoms with E-state index in [-0.39, 0.29) is 5.75 Å². The molecule has 106 valence electrons. The van der Waals surface area contributed by atoms with Crippen LogP contribution < -0.4 is 10.1 Å². The Balaban J connectivity index is 2.98. The normalized spacial score (nSPS) is 12.8. The molecular weight excluding hydrogens is 266 g/mol. The minimum absolute atomic E-state index is 0.211. The molecule has 0 aliphatic rings. The van der Waals surface area contributed by atoms with Gasteiger partial charge in [-0.3, -0.25) is 4.79 Å². The maximum atomic E-state index is 12.1. The predicted molar refractivity (Wildman–Crippen MR) is 73.8 cm³/mol. The number of benzene rings is 1. The molecule has 0 aromatic heterocycles.